The van der Waals surface area contributed by atoms with Crippen LogP contribution < -0.4 is 11.0 Å². The molecule has 0 aliphatic heterocycles. The molecular formula is C7H6N4O3. The van der Waals surface area contributed by atoms with Gasteiger partial charge in [0.1, 0.15) is 0 Å². The molecule has 7 nitrogen and oxygen atoms in total. The Morgan fingerprint density at radius 2 is 2.36 bits per heavy atom. The van der Waals surface area contributed by atoms with Crippen LogP contribution in [0.25, 0.3) is 0 Å². The number of hydrogen-bond acceptors (Lipinski definition) is 6. The van der Waals surface area contributed by atoms with Crippen LogP contribution in [0.3, 0.4) is 0 Å². The second-order valence-corrected chi connectivity index (χ2v) is 2.29. The molecule has 0 saturated carbocycles. The Morgan fingerprint density at radius 1 is 1.64 bits per heavy atom. The van der Waals surface area contributed by atoms with Crippen molar-refractivity contribution >= 4 is 5.69 Å². The minimum Gasteiger partial charge on any atom is -0.223 e. The monoisotopic (exact) mass is 194 g/mol. The Bertz CT molecular complexity index is 387. The molecule has 1 aromatic rings. The first-order valence-corrected chi connectivity index (χ1v) is 3.51. The highest BCUT2D eigenvalue weighted by atomic mass is 17.0. The van der Waals surface area contributed by atoms with Crippen molar-refractivity contribution < 1.29 is 10.0 Å². The Balaban J connectivity index is 2.85. The third-order valence-electron chi connectivity index (χ3n) is 1.38. The van der Waals surface area contributed by atoms with E-state index in [0.29, 0.717) is 10.7 Å². The molecule has 0 spiro atoms. The van der Waals surface area contributed by atoms with E-state index in [1.165, 1.54) is 18.2 Å². The molecule has 0 saturated heterocycles. The van der Waals surface area contributed by atoms with Gasteiger partial charge in [-0.2, -0.15) is 10.2 Å². The van der Waals surface area contributed by atoms with Gasteiger partial charge in [-0.1, -0.05) is 6.07 Å². The van der Waals surface area contributed by atoms with E-state index in [4.69, 9.17) is 11.1 Å². The highest BCUT2D eigenvalue weighted by molar-refractivity contribution is 5.48. The van der Waals surface area contributed by atoms with Crippen molar-refractivity contribution in [1.29, 1.82) is 5.26 Å². The lowest BCUT2D eigenvalue weighted by molar-refractivity contribution is -0.762. The summed E-state index contributed by atoms with van der Waals surface area (Å²) in [7, 11) is 0. The van der Waals surface area contributed by atoms with Gasteiger partial charge in [-0.3, -0.25) is 0 Å². The zero-order valence-corrected chi connectivity index (χ0v) is 6.95. The Morgan fingerprint density at radius 3 is 2.93 bits per heavy atom. The Kier molecular flexibility index (Phi) is 2.83. The van der Waals surface area contributed by atoms with E-state index < -0.39 is 5.09 Å². The molecule has 0 heterocycles. The second kappa shape index (κ2) is 4.06. The van der Waals surface area contributed by atoms with Crippen LogP contribution in [0.4, 0.5) is 5.69 Å². The summed E-state index contributed by atoms with van der Waals surface area (Å²) in [4.78, 5) is 13.9. The summed E-state index contributed by atoms with van der Waals surface area (Å²) in [6.45, 7) is 0. The Labute approximate surface area is 78.9 Å². The largest absolute Gasteiger partial charge is 0.318 e. The van der Waals surface area contributed by atoms with Gasteiger partial charge >= 0.3 is 5.09 Å². The number of nitrogens with two attached hydrogens (primary N) is 1. The predicted molar refractivity (Wildman–Crippen MR) is 45.9 cm³/mol. The minimum absolute atomic E-state index is 0.223. The third kappa shape index (κ3) is 2.33. The third-order valence-corrected chi connectivity index (χ3v) is 1.38. The molecule has 0 bridgehead atoms. The average molecular weight is 194 g/mol. The molecular weight excluding hydrogens is 188 g/mol. The summed E-state index contributed by atoms with van der Waals surface area (Å²) in [5.41, 5.74) is 0.561. The maximum Gasteiger partial charge on any atom is 0.318 e. The average Bonchev–Trinajstić information content (AvgIpc) is 2.17. The van der Waals surface area contributed by atoms with E-state index in [0.717, 1.165) is 0 Å². The summed E-state index contributed by atoms with van der Waals surface area (Å²) in [6, 6.07) is 7.79. The van der Waals surface area contributed by atoms with Crippen LogP contribution in [0.5, 0.6) is 0 Å². The van der Waals surface area contributed by atoms with E-state index in [-0.39, 0.29) is 5.69 Å². The SMILES string of the molecule is N#Cc1cccc(N(N)O[N+](=O)[O-])c1. The highest BCUT2D eigenvalue weighted by Crippen LogP contribution is 2.12. The maximum absolute atomic E-state index is 9.93. The molecule has 14 heavy (non-hydrogen) atoms. The first kappa shape index (κ1) is 9.76. The molecule has 0 aliphatic rings. The van der Waals surface area contributed by atoms with Gasteiger partial charge in [0.05, 0.1) is 17.3 Å². The van der Waals surface area contributed by atoms with Gasteiger partial charge in [0.25, 0.3) is 0 Å². The fraction of sp³-hybridized carbons (Fsp3) is 0. The first-order chi connectivity index (χ1) is 6.63. The van der Waals surface area contributed by atoms with Crippen molar-refractivity contribution in [2.45, 2.75) is 0 Å². The topological polar surface area (TPSA) is 105 Å². The molecule has 0 atom stereocenters. The van der Waals surface area contributed by atoms with Crippen molar-refractivity contribution in [2.75, 3.05) is 5.17 Å². The van der Waals surface area contributed by atoms with Crippen molar-refractivity contribution in [3.63, 3.8) is 0 Å². The molecule has 0 unspecified atom stereocenters. The Hall–Kier alpha value is -2.33. The number of rotatable bonds is 3. The van der Waals surface area contributed by atoms with Gasteiger partial charge < -0.3 is 0 Å². The van der Waals surface area contributed by atoms with Gasteiger partial charge in [0.2, 0.25) is 0 Å². The van der Waals surface area contributed by atoms with Crippen LogP contribution in [0.15, 0.2) is 24.3 Å². The van der Waals surface area contributed by atoms with Crippen molar-refractivity contribution in [3.05, 3.63) is 39.9 Å². The molecule has 72 valence electrons. The summed E-state index contributed by atoms with van der Waals surface area (Å²) >= 11 is 0. The maximum atomic E-state index is 9.93. The van der Waals surface area contributed by atoms with Crippen LogP contribution in [-0.2, 0) is 4.94 Å². The van der Waals surface area contributed by atoms with Gasteiger partial charge in [-0.05, 0) is 18.2 Å². The molecule has 0 aromatic heterocycles. The molecule has 0 aliphatic carbocycles. The fourth-order valence-electron chi connectivity index (χ4n) is 0.832. The predicted octanol–water partition coefficient (Wildman–Crippen LogP) is 0.362. The number of nitrogens with zero attached hydrogens (tertiary/aromatic N) is 3. The number of anilines is 1. The van der Waals surface area contributed by atoms with E-state index in [9.17, 15) is 10.1 Å². The minimum atomic E-state index is -1.04. The van der Waals surface area contributed by atoms with E-state index in [1.54, 1.807) is 6.07 Å². The molecule has 7 heteroatoms. The molecule has 1 rings (SSSR count). The van der Waals surface area contributed by atoms with Gasteiger partial charge in [0.15, 0.2) is 0 Å². The van der Waals surface area contributed by atoms with Crippen LogP contribution in [0, 0.1) is 21.4 Å². The first-order valence-electron chi connectivity index (χ1n) is 3.51. The molecule has 0 fully saturated rings. The van der Waals surface area contributed by atoms with Crippen LogP contribution in [-0.4, -0.2) is 5.09 Å². The molecule has 0 radical (unpaired) electrons. The summed E-state index contributed by atoms with van der Waals surface area (Å²) in [6.07, 6.45) is 0. The van der Waals surface area contributed by atoms with Gasteiger partial charge in [-0.15, -0.1) is 15.3 Å². The van der Waals surface area contributed by atoms with Gasteiger partial charge in [0, 0.05) is 0 Å². The second-order valence-electron chi connectivity index (χ2n) is 2.29. The lowest BCUT2D eigenvalue weighted by Gasteiger charge is -2.13. The number of hydrazine groups is 1. The summed E-state index contributed by atoms with van der Waals surface area (Å²) in [5, 5.41) is 17.9. The van der Waals surface area contributed by atoms with Crippen molar-refractivity contribution in [3.8, 4) is 6.07 Å². The highest BCUT2D eigenvalue weighted by Gasteiger charge is 2.06. The van der Waals surface area contributed by atoms with Crippen LogP contribution in [0.2, 0.25) is 0 Å². The number of benzene rings is 1. The van der Waals surface area contributed by atoms with E-state index in [1.807, 2.05) is 6.07 Å². The lowest BCUT2D eigenvalue weighted by Crippen LogP contribution is -2.33. The lowest BCUT2D eigenvalue weighted by atomic mass is 10.2. The number of hydrogen-bond donors (Lipinski definition) is 1. The molecule has 2 N–H and O–H groups in total. The van der Waals surface area contributed by atoms with Crippen molar-refractivity contribution in [2.24, 2.45) is 5.84 Å². The quantitative estimate of drug-likeness (QED) is 0.423. The van der Waals surface area contributed by atoms with Crippen LogP contribution >= 0.6 is 0 Å². The molecule has 0 amide bonds. The summed E-state index contributed by atoms with van der Waals surface area (Å²) in [5.74, 6) is 5.18. The smallest absolute Gasteiger partial charge is 0.223 e. The van der Waals surface area contributed by atoms with E-state index >= 15 is 0 Å². The fourth-order valence-corrected chi connectivity index (χ4v) is 0.832. The zero-order valence-electron chi connectivity index (χ0n) is 6.95. The number of nitriles is 1. The normalized spacial score (nSPS) is 8.86. The standard InChI is InChI=1S/C7H6N4O3/c8-5-6-2-1-3-7(4-6)10(9)14-11(12)13/h1-4H,9H2. The molecule has 1 aromatic carbocycles. The zero-order chi connectivity index (χ0) is 10.6. The van der Waals surface area contributed by atoms with Crippen molar-refractivity contribution in [1.82, 2.24) is 0 Å². The van der Waals surface area contributed by atoms with E-state index in [2.05, 4.69) is 4.94 Å². The summed E-state index contributed by atoms with van der Waals surface area (Å²) < 4.78 is 0. The van der Waals surface area contributed by atoms with Crippen LogP contribution in [0.1, 0.15) is 5.56 Å². The van der Waals surface area contributed by atoms with Gasteiger partial charge in [-0.25, -0.2) is 5.84 Å².